The van der Waals surface area contributed by atoms with Gasteiger partial charge in [0, 0.05) is 0 Å². The summed E-state index contributed by atoms with van der Waals surface area (Å²) >= 11 is 0. The van der Waals surface area contributed by atoms with Gasteiger partial charge in [0.2, 0.25) is 0 Å². The van der Waals surface area contributed by atoms with Crippen LogP contribution in [0, 0.1) is 19.8 Å². The van der Waals surface area contributed by atoms with Gasteiger partial charge in [-0.15, -0.1) is 34.0 Å². The summed E-state index contributed by atoms with van der Waals surface area (Å²) in [6.45, 7) is 8.93. The Kier molecular flexibility index (Phi) is 9.69. The van der Waals surface area contributed by atoms with Crippen molar-refractivity contribution in [2.45, 2.75) is 34.1 Å². The molecule has 0 spiro atoms. The van der Waals surface area contributed by atoms with E-state index in [1.54, 1.807) is 0 Å². The molecule has 2 aromatic rings. The normalized spacial score (nSPS) is 9.61. The molecule has 0 amide bonds. The van der Waals surface area contributed by atoms with E-state index in [1.165, 1.54) is 33.9 Å². The van der Waals surface area contributed by atoms with Crippen LogP contribution in [-0.4, -0.2) is 0 Å². The second-order valence-electron chi connectivity index (χ2n) is 5.00. The molecule has 97 valence electrons. The molecule has 2 aromatic carbocycles. The maximum atomic E-state index is 2.32. The molecule has 0 N–H and O–H groups in total. The van der Waals surface area contributed by atoms with E-state index >= 15 is 0 Å². The topological polar surface area (TPSA) is 0 Å². The van der Waals surface area contributed by atoms with Gasteiger partial charge >= 0.3 is 26.2 Å². The van der Waals surface area contributed by atoms with Crippen LogP contribution in [0.4, 0.5) is 0 Å². The molecule has 0 bridgehead atoms. The molecule has 0 saturated carbocycles. The first-order chi connectivity index (χ1) is 7.08. The summed E-state index contributed by atoms with van der Waals surface area (Å²) in [5, 5.41) is 2.90. The van der Waals surface area contributed by atoms with Crippen molar-refractivity contribution in [1.29, 1.82) is 0 Å². The monoisotopic (exact) mass is 359 g/mol. The smallest absolute Gasteiger partial charge is 1.00 e. The number of aryl methyl sites for hydroxylation is 2. The third-order valence-corrected chi connectivity index (χ3v) is 2.97. The third kappa shape index (κ3) is 4.44. The Morgan fingerprint density at radius 2 is 1.72 bits per heavy atom. The number of hydrogen-bond donors (Lipinski definition) is 0. The fourth-order valence-corrected chi connectivity index (χ4v) is 2.27. The molecule has 0 nitrogen and oxygen atoms in total. The van der Waals surface area contributed by atoms with Crippen LogP contribution in [0.2, 0.25) is 0 Å². The van der Waals surface area contributed by atoms with E-state index in [-0.39, 0.29) is 51.0 Å². The summed E-state index contributed by atoms with van der Waals surface area (Å²) in [5.74, 6) is 0.728. The van der Waals surface area contributed by atoms with Crippen LogP contribution in [0.5, 0.6) is 0 Å². The first-order valence-electron chi connectivity index (χ1n) is 5.73. The van der Waals surface area contributed by atoms with Gasteiger partial charge < -0.3 is 24.8 Å². The molecular formula is C15H19Cl2Zr. The van der Waals surface area contributed by atoms with E-state index in [4.69, 9.17) is 0 Å². The van der Waals surface area contributed by atoms with Gasteiger partial charge in [-0.3, -0.25) is 0 Å². The molecule has 2 rings (SSSR count). The number of hydrogen-bond acceptors (Lipinski definition) is 0. The van der Waals surface area contributed by atoms with E-state index in [2.05, 4.69) is 52.0 Å². The summed E-state index contributed by atoms with van der Waals surface area (Å²) in [6.07, 6.45) is 1.18. The quantitative estimate of drug-likeness (QED) is 0.564. The minimum Gasteiger partial charge on any atom is -1.00 e. The van der Waals surface area contributed by atoms with E-state index in [0.717, 1.165) is 5.92 Å². The van der Waals surface area contributed by atoms with Gasteiger partial charge in [0.15, 0.2) is 0 Å². The fraction of sp³-hybridized carbons (Fsp3) is 0.400. The van der Waals surface area contributed by atoms with E-state index in [1.807, 2.05) is 0 Å². The number of rotatable bonds is 2. The van der Waals surface area contributed by atoms with E-state index in [0.29, 0.717) is 0 Å². The van der Waals surface area contributed by atoms with Crippen LogP contribution < -0.4 is 24.8 Å². The fourth-order valence-electron chi connectivity index (χ4n) is 2.27. The van der Waals surface area contributed by atoms with Crippen molar-refractivity contribution in [1.82, 2.24) is 0 Å². The van der Waals surface area contributed by atoms with Crippen LogP contribution in [0.15, 0.2) is 24.3 Å². The first-order valence-corrected chi connectivity index (χ1v) is 5.73. The molecule has 0 aliphatic heterocycles. The summed E-state index contributed by atoms with van der Waals surface area (Å²) in [4.78, 5) is 0. The zero-order valence-electron chi connectivity index (χ0n) is 11.3. The van der Waals surface area contributed by atoms with E-state index < -0.39 is 0 Å². The predicted octanol–water partition coefficient (Wildman–Crippen LogP) is -1.62. The average Bonchev–Trinajstić information content (AvgIpc) is 2.52. The van der Waals surface area contributed by atoms with Crippen LogP contribution in [0.3, 0.4) is 0 Å². The minimum absolute atomic E-state index is 0. The Balaban J connectivity index is 0. The van der Waals surface area contributed by atoms with Crippen LogP contribution in [0.25, 0.3) is 10.8 Å². The molecule has 0 saturated heterocycles. The zero-order chi connectivity index (χ0) is 11.0. The summed E-state index contributed by atoms with van der Waals surface area (Å²) in [7, 11) is 0. The Hall–Kier alpha value is 0.293. The number of benzene rings is 1. The van der Waals surface area contributed by atoms with Gasteiger partial charge in [0.25, 0.3) is 0 Å². The SMILES string of the molecule is Cc1cc2c(CC(C)C)ccc(C)c2[cH-]1.[Cl-].[Cl-].[Zr+3]. The maximum Gasteiger partial charge on any atom is 3.00 e. The van der Waals surface area contributed by atoms with Crippen LogP contribution in [-0.2, 0) is 32.6 Å². The molecule has 0 unspecified atom stereocenters. The summed E-state index contributed by atoms with van der Waals surface area (Å²) in [6, 6.07) is 9.16. The average molecular weight is 361 g/mol. The Labute approximate surface area is 142 Å². The maximum absolute atomic E-state index is 2.32. The molecular weight excluding hydrogens is 342 g/mol. The van der Waals surface area contributed by atoms with Gasteiger partial charge in [-0.25, -0.2) is 0 Å². The predicted molar refractivity (Wildman–Crippen MR) is 67.6 cm³/mol. The van der Waals surface area contributed by atoms with Crippen LogP contribution in [0.1, 0.15) is 30.5 Å². The molecule has 3 heteroatoms. The van der Waals surface area contributed by atoms with Crippen molar-refractivity contribution in [3.05, 3.63) is 41.0 Å². The van der Waals surface area contributed by atoms with Gasteiger partial charge in [-0.2, -0.15) is 6.07 Å². The van der Waals surface area contributed by atoms with E-state index in [9.17, 15) is 0 Å². The van der Waals surface area contributed by atoms with Crippen molar-refractivity contribution in [2.24, 2.45) is 5.92 Å². The van der Waals surface area contributed by atoms with Crippen molar-refractivity contribution >= 4 is 10.8 Å². The van der Waals surface area contributed by atoms with Crippen molar-refractivity contribution < 1.29 is 51.0 Å². The second kappa shape index (κ2) is 8.46. The number of fused-ring (bicyclic) bond motifs is 1. The molecule has 0 aliphatic carbocycles. The molecule has 0 aliphatic rings. The molecule has 18 heavy (non-hydrogen) atoms. The van der Waals surface area contributed by atoms with Gasteiger partial charge in [-0.1, -0.05) is 39.3 Å². The molecule has 0 atom stereocenters. The summed E-state index contributed by atoms with van der Waals surface area (Å²) < 4.78 is 0. The molecule has 0 fully saturated rings. The summed E-state index contributed by atoms with van der Waals surface area (Å²) in [5.41, 5.74) is 4.27. The minimum atomic E-state index is 0. The van der Waals surface area contributed by atoms with Crippen molar-refractivity contribution in [2.75, 3.05) is 0 Å². The molecule has 0 heterocycles. The molecule has 0 aromatic heterocycles. The van der Waals surface area contributed by atoms with Crippen molar-refractivity contribution in [3.63, 3.8) is 0 Å². The number of halogens is 2. The largest absolute Gasteiger partial charge is 3.00 e. The van der Waals surface area contributed by atoms with Gasteiger partial charge in [-0.05, 0) is 12.3 Å². The van der Waals surface area contributed by atoms with Gasteiger partial charge in [0.05, 0.1) is 0 Å². The Bertz CT molecular complexity index is 486. The first kappa shape index (κ1) is 20.6. The molecule has 1 radical (unpaired) electrons. The Morgan fingerprint density at radius 1 is 1.11 bits per heavy atom. The van der Waals surface area contributed by atoms with Crippen molar-refractivity contribution in [3.8, 4) is 0 Å². The Morgan fingerprint density at radius 3 is 2.28 bits per heavy atom. The standard InChI is InChI=1S/C15H19.2ClH.Zr/c1-10(2)7-13-6-5-12(4)14-8-11(3)9-15(13)14;;;/h5-6,8-10H,7H2,1-4H3;2*1H;/q-1;;;+3/p-2. The second-order valence-corrected chi connectivity index (χ2v) is 5.00. The zero-order valence-corrected chi connectivity index (χ0v) is 15.3. The van der Waals surface area contributed by atoms with Crippen LogP contribution >= 0.6 is 0 Å². The third-order valence-electron chi connectivity index (χ3n) is 2.97. The van der Waals surface area contributed by atoms with Gasteiger partial charge in [0.1, 0.15) is 0 Å².